The lowest BCUT2D eigenvalue weighted by Gasteiger charge is -2.11. The summed E-state index contributed by atoms with van der Waals surface area (Å²) in [5.41, 5.74) is 0. The van der Waals surface area contributed by atoms with Gasteiger partial charge in [0.1, 0.15) is 0 Å². The minimum atomic E-state index is -5.62. The van der Waals surface area contributed by atoms with Gasteiger partial charge in [-0.25, -0.2) is 9.97 Å². The van der Waals surface area contributed by atoms with Gasteiger partial charge < -0.3 is 17.0 Å². The summed E-state index contributed by atoms with van der Waals surface area (Å²) in [6.07, 6.45) is 7.50. The standard InChI is InChI=1S/2C5H5N.BrO4.BrH/c2*1-2-4-6-5-3-1;2-1(3,4)5;/h2*1-5H;;1H/q;;-1;/p+1. The smallest absolute Gasteiger partial charge is 0.166 e. The van der Waals surface area contributed by atoms with E-state index in [-0.39, 0.29) is 17.0 Å². The molecule has 0 atom stereocenters. The van der Waals surface area contributed by atoms with Crippen LogP contribution in [-0.4, -0.2) is 0 Å². The molecule has 0 radical (unpaired) electrons. The number of H-pyrrole nitrogens is 2. The largest absolute Gasteiger partial charge is 1.00 e. The van der Waals surface area contributed by atoms with Gasteiger partial charge in [0.15, 0.2) is 24.8 Å². The second-order valence-electron chi connectivity index (χ2n) is 2.53. The summed E-state index contributed by atoms with van der Waals surface area (Å²) in [6.45, 7) is 0. The van der Waals surface area contributed by atoms with Crippen molar-refractivity contribution in [1.82, 2.24) is 0 Å². The zero-order valence-corrected chi connectivity index (χ0v) is 12.3. The third-order valence-corrected chi connectivity index (χ3v) is 1.21. The van der Waals surface area contributed by atoms with Gasteiger partial charge in [-0.05, 0) is 0 Å². The molecule has 6 nitrogen and oxygen atoms in total. The number of aromatic amines is 2. The predicted molar refractivity (Wildman–Crippen MR) is 46.0 cm³/mol. The lowest BCUT2D eigenvalue weighted by molar-refractivity contribution is -2.00. The number of nitrogens with one attached hydrogen (secondary N) is 2. The highest BCUT2D eigenvalue weighted by Gasteiger charge is 1.90. The van der Waals surface area contributed by atoms with Crippen molar-refractivity contribution < 1.29 is 57.8 Å². The van der Waals surface area contributed by atoms with E-state index in [0.29, 0.717) is 0 Å². The van der Waals surface area contributed by atoms with Crippen LogP contribution in [-0.2, 0) is 0 Å². The van der Waals surface area contributed by atoms with E-state index in [1.807, 2.05) is 61.2 Å². The van der Waals surface area contributed by atoms with Crippen LogP contribution in [0, 0.1) is 14.1 Å². The van der Waals surface area contributed by atoms with Crippen LogP contribution in [0.15, 0.2) is 61.2 Å². The molecule has 0 bridgehead atoms. The first kappa shape index (κ1) is 19.4. The number of hydrogen-bond donors (Lipinski definition) is 0. The second kappa shape index (κ2) is 12.6. The molecule has 2 rings (SSSR count). The lowest BCUT2D eigenvalue weighted by Crippen LogP contribution is -3.00. The van der Waals surface area contributed by atoms with Crippen LogP contribution < -0.4 is 43.7 Å². The Kier molecular flexibility index (Phi) is 13.6. The summed E-state index contributed by atoms with van der Waals surface area (Å²) in [5.74, 6) is 0. The van der Waals surface area contributed by atoms with E-state index in [4.69, 9.17) is 16.8 Å². The molecule has 2 aromatic heterocycles. The molecule has 0 saturated carbocycles. The van der Waals surface area contributed by atoms with Gasteiger partial charge in [-0.2, -0.15) is 0 Å². The van der Waals surface area contributed by atoms with Crippen molar-refractivity contribution >= 4 is 0 Å². The molecule has 2 N–H and O–H groups in total. The molecule has 0 aromatic carbocycles. The molecule has 0 aliphatic carbocycles. The van der Waals surface area contributed by atoms with Crippen LogP contribution in [0.4, 0.5) is 0 Å². The zero-order chi connectivity index (χ0) is 13.0. The molecule has 0 fully saturated rings. The lowest BCUT2D eigenvalue weighted by atomic mass is 10.5. The van der Waals surface area contributed by atoms with Gasteiger partial charge in [-0.3, -0.25) is 16.8 Å². The van der Waals surface area contributed by atoms with Crippen LogP contribution in [0.3, 0.4) is 0 Å². The second-order valence-corrected chi connectivity index (χ2v) is 4.12. The van der Waals surface area contributed by atoms with Gasteiger partial charge in [0, 0.05) is 24.3 Å². The Labute approximate surface area is 119 Å². The van der Waals surface area contributed by atoms with Crippen molar-refractivity contribution in [1.29, 1.82) is 0 Å². The highest BCUT2D eigenvalue weighted by atomic mass is 80.0. The number of hydrogen-bond acceptors (Lipinski definition) is 4. The Morgan fingerprint density at radius 1 is 0.556 bits per heavy atom. The average Bonchev–Trinajstić information content (AvgIpc) is 2.32. The number of halogens is 2. The summed E-state index contributed by atoms with van der Waals surface area (Å²) < 4.78 is 34.3. The van der Waals surface area contributed by atoms with Crippen molar-refractivity contribution in [2.45, 2.75) is 0 Å². The maximum absolute atomic E-state index is 8.58. The quantitative estimate of drug-likeness (QED) is 0.448. The average molecular weight is 384 g/mol. The topological polar surface area (TPSA) is 121 Å². The Balaban J connectivity index is 0. The predicted octanol–water partition coefficient (Wildman–Crippen LogP) is -6.75. The maximum Gasteiger partial charge on any atom is 0.166 e. The molecule has 0 aliphatic rings. The van der Waals surface area contributed by atoms with Crippen molar-refractivity contribution in [3.05, 3.63) is 61.2 Å². The van der Waals surface area contributed by atoms with E-state index in [2.05, 4.69) is 9.97 Å². The summed E-state index contributed by atoms with van der Waals surface area (Å²) in [4.78, 5) is 5.78. The Hall–Kier alpha value is -0.900. The van der Waals surface area contributed by atoms with Crippen molar-refractivity contribution in [2.75, 3.05) is 0 Å². The van der Waals surface area contributed by atoms with Crippen molar-refractivity contribution in [2.24, 2.45) is 0 Å². The molecule has 8 heteroatoms. The molecular formula is C10H12Br2N2O4. The van der Waals surface area contributed by atoms with E-state index < -0.39 is 14.1 Å². The van der Waals surface area contributed by atoms with Crippen LogP contribution in [0.25, 0.3) is 0 Å². The van der Waals surface area contributed by atoms with Gasteiger partial charge in [-0.1, -0.05) is 12.1 Å². The van der Waals surface area contributed by atoms with E-state index >= 15 is 0 Å². The number of pyridine rings is 2. The van der Waals surface area contributed by atoms with E-state index in [9.17, 15) is 0 Å². The fourth-order valence-corrected chi connectivity index (χ4v) is 0.684. The first-order valence-electron chi connectivity index (χ1n) is 4.44. The van der Waals surface area contributed by atoms with E-state index in [1.54, 1.807) is 0 Å². The van der Waals surface area contributed by atoms with Crippen LogP contribution in [0.1, 0.15) is 0 Å². The first-order chi connectivity index (χ1) is 8.00. The Morgan fingerprint density at radius 2 is 0.778 bits per heavy atom. The van der Waals surface area contributed by atoms with Crippen LogP contribution in [0.5, 0.6) is 0 Å². The molecule has 0 amide bonds. The van der Waals surface area contributed by atoms with Crippen LogP contribution >= 0.6 is 0 Å². The van der Waals surface area contributed by atoms with Gasteiger partial charge in [0.05, 0.1) is 14.1 Å². The van der Waals surface area contributed by atoms with Crippen molar-refractivity contribution in [3.8, 4) is 0 Å². The highest BCUT2D eigenvalue weighted by Crippen LogP contribution is 1.69. The fraction of sp³-hybridized carbons (Fsp3) is 0. The molecule has 2 heterocycles. The van der Waals surface area contributed by atoms with E-state index in [1.165, 1.54) is 0 Å². The van der Waals surface area contributed by atoms with Crippen LogP contribution in [0.2, 0.25) is 0 Å². The summed E-state index contributed by atoms with van der Waals surface area (Å²) in [7, 11) is 0. The van der Waals surface area contributed by atoms with Gasteiger partial charge in [-0.15, -0.1) is 0 Å². The SMILES string of the molecule is [Br-].[O-][Br+3]([O-])([O-])[O-].c1cc[nH+]cc1.c1cc[nH+]cc1. The summed E-state index contributed by atoms with van der Waals surface area (Å²) in [5, 5.41) is 0. The molecule has 0 saturated heterocycles. The highest BCUT2D eigenvalue weighted by molar-refractivity contribution is 4.83. The third kappa shape index (κ3) is 24.4. The maximum atomic E-state index is 8.58. The third-order valence-electron chi connectivity index (χ3n) is 1.21. The molecule has 0 spiro atoms. The molecule has 18 heavy (non-hydrogen) atoms. The Bertz CT molecular complexity index is 268. The number of rotatable bonds is 0. The fourth-order valence-electron chi connectivity index (χ4n) is 0.684. The molecule has 100 valence electrons. The first-order valence-corrected chi connectivity index (χ1v) is 7.03. The van der Waals surface area contributed by atoms with E-state index in [0.717, 1.165) is 0 Å². The minimum absolute atomic E-state index is 0. The normalized spacial score (nSPS) is 8.67. The zero-order valence-electron chi connectivity index (χ0n) is 9.16. The molecule has 2 aromatic rings. The van der Waals surface area contributed by atoms with Gasteiger partial charge in [0.2, 0.25) is 0 Å². The van der Waals surface area contributed by atoms with Crippen molar-refractivity contribution in [3.63, 3.8) is 0 Å². The summed E-state index contributed by atoms with van der Waals surface area (Å²) >= 11 is -5.62. The molecule has 0 aliphatic heterocycles. The molecule has 0 unspecified atom stereocenters. The monoisotopic (exact) mass is 382 g/mol. The minimum Gasteiger partial charge on any atom is -1.00 e. The van der Waals surface area contributed by atoms with Gasteiger partial charge >= 0.3 is 0 Å². The summed E-state index contributed by atoms with van der Waals surface area (Å²) in [6, 6.07) is 11.7. The molecular weight excluding hydrogens is 372 g/mol. The number of aromatic nitrogens is 2. The Morgan fingerprint density at radius 3 is 0.833 bits per heavy atom. The van der Waals surface area contributed by atoms with Gasteiger partial charge in [0.25, 0.3) is 0 Å².